The Labute approximate surface area is 181 Å². The van der Waals surface area contributed by atoms with Crippen LogP contribution in [0.4, 0.5) is 5.88 Å². The average molecular weight is 439 g/mol. The lowest BCUT2D eigenvalue weighted by molar-refractivity contribution is 0.0730. The molecule has 9 heteroatoms. The molecule has 3 aromatic rings. The first-order valence-electron chi connectivity index (χ1n) is 9.90. The molecule has 0 bridgehead atoms. The highest BCUT2D eigenvalue weighted by atomic mass is 32.2. The van der Waals surface area contributed by atoms with Gasteiger partial charge in [0.05, 0.1) is 24.2 Å². The number of nitrogens with zero attached hydrogens (tertiary/aromatic N) is 3. The van der Waals surface area contributed by atoms with Gasteiger partial charge in [0.25, 0.3) is 0 Å². The molecule has 0 aliphatic carbocycles. The van der Waals surface area contributed by atoms with E-state index in [9.17, 15) is 13.7 Å². The van der Waals surface area contributed by atoms with Crippen LogP contribution < -0.4 is 5.32 Å². The van der Waals surface area contributed by atoms with Gasteiger partial charge in [0.1, 0.15) is 6.07 Å². The van der Waals surface area contributed by atoms with Gasteiger partial charge in [-0.25, -0.2) is 8.42 Å². The molecule has 1 aliphatic heterocycles. The van der Waals surface area contributed by atoms with Crippen molar-refractivity contribution in [2.75, 3.05) is 31.6 Å². The van der Waals surface area contributed by atoms with Crippen molar-refractivity contribution in [3.8, 4) is 17.5 Å². The maximum absolute atomic E-state index is 12.8. The van der Waals surface area contributed by atoms with Crippen LogP contribution in [0.15, 0.2) is 63.9 Å². The molecule has 31 heavy (non-hydrogen) atoms. The van der Waals surface area contributed by atoms with Crippen molar-refractivity contribution in [3.05, 3.63) is 65.9 Å². The van der Waals surface area contributed by atoms with Crippen LogP contribution in [-0.2, 0) is 14.8 Å². The van der Waals surface area contributed by atoms with Gasteiger partial charge < -0.3 is 14.5 Å². The monoisotopic (exact) mass is 438 g/mol. The van der Waals surface area contributed by atoms with Crippen molar-refractivity contribution >= 4 is 15.9 Å². The minimum atomic E-state index is -3.58. The molecule has 0 unspecified atom stereocenters. The largest absolute Gasteiger partial charge is 0.419 e. The standard InChI is InChI=1S/C22H22N4O4S/c1-16(17-5-3-2-4-6-17)24-22-20(15-23)25-21(30-22)18-7-9-19(10-8-18)31(27,28)26-11-13-29-14-12-26/h2-10,16,24H,11-14H2,1H3/t16-/m1/s1. The molecule has 1 aliphatic rings. The summed E-state index contributed by atoms with van der Waals surface area (Å²) in [7, 11) is -3.58. The van der Waals surface area contributed by atoms with Crippen LogP contribution >= 0.6 is 0 Å². The molecule has 0 saturated carbocycles. The molecule has 1 N–H and O–H groups in total. The van der Waals surface area contributed by atoms with Crippen LogP contribution in [-0.4, -0.2) is 44.0 Å². The molecular weight excluding hydrogens is 416 g/mol. The maximum atomic E-state index is 12.8. The van der Waals surface area contributed by atoms with Crippen molar-refractivity contribution in [2.45, 2.75) is 17.9 Å². The third-order valence-electron chi connectivity index (χ3n) is 5.09. The van der Waals surface area contributed by atoms with Crippen LogP contribution in [0.25, 0.3) is 11.5 Å². The van der Waals surface area contributed by atoms with Crippen molar-refractivity contribution in [1.29, 1.82) is 5.26 Å². The van der Waals surface area contributed by atoms with Gasteiger partial charge in [0.2, 0.25) is 27.5 Å². The fraction of sp³-hybridized carbons (Fsp3) is 0.273. The lowest BCUT2D eigenvalue weighted by Crippen LogP contribution is -2.40. The molecule has 1 atom stereocenters. The number of morpholine rings is 1. The van der Waals surface area contributed by atoms with Gasteiger partial charge in [-0.05, 0) is 36.8 Å². The number of oxazole rings is 1. The van der Waals surface area contributed by atoms with Gasteiger partial charge in [-0.15, -0.1) is 0 Å². The van der Waals surface area contributed by atoms with Crippen LogP contribution in [0.5, 0.6) is 0 Å². The zero-order chi connectivity index (χ0) is 21.8. The van der Waals surface area contributed by atoms with E-state index in [0.29, 0.717) is 31.9 Å². The molecule has 1 fully saturated rings. The normalized spacial score (nSPS) is 15.9. The lowest BCUT2D eigenvalue weighted by atomic mass is 10.1. The Hall–Kier alpha value is -3.19. The predicted molar refractivity (Wildman–Crippen MR) is 115 cm³/mol. The van der Waals surface area contributed by atoms with Crippen molar-refractivity contribution < 1.29 is 17.6 Å². The van der Waals surface area contributed by atoms with Crippen LogP contribution in [0.2, 0.25) is 0 Å². The van der Waals surface area contributed by atoms with E-state index in [-0.39, 0.29) is 28.4 Å². The van der Waals surface area contributed by atoms with E-state index in [1.54, 1.807) is 12.1 Å². The number of benzene rings is 2. The highest BCUT2D eigenvalue weighted by molar-refractivity contribution is 7.89. The fourth-order valence-corrected chi connectivity index (χ4v) is 4.75. The Morgan fingerprint density at radius 1 is 1.10 bits per heavy atom. The molecular formula is C22H22N4O4S. The van der Waals surface area contributed by atoms with E-state index in [1.807, 2.05) is 43.3 Å². The quantitative estimate of drug-likeness (QED) is 0.628. The summed E-state index contributed by atoms with van der Waals surface area (Å²) in [5.74, 6) is 0.522. The third kappa shape index (κ3) is 4.46. The molecule has 0 amide bonds. The molecule has 8 nitrogen and oxygen atoms in total. The molecule has 2 aromatic carbocycles. The Bertz CT molecular complexity index is 1180. The summed E-state index contributed by atoms with van der Waals surface area (Å²) in [6, 6.07) is 18.0. The highest BCUT2D eigenvalue weighted by Crippen LogP contribution is 2.29. The zero-order valence-corrected chi connectivity index (χ0v) is 17.8. The van der Waals surface area contributed by atoms with Crippen molar-refractivity contribution in [2.24, 2.45) is 0 Å². The summed E-state index contributed by atoms with van der Waals surface area (Å²) in [5, 5.41) is 12.6. The summed E-state index contributed by atoms with van der Waals surface area (Å²) < 4.78 is 38.0. The number of rotatable bonds is 6. The summed E-state index contributed by atoms with van der Waals surface area (Å²) in [5.41, 5.74) is 1.77. The third-order valence-corrected chi connectivity index (χ3v) is 7.00. The maximum Gasteiger partial charge on any atom is 0.243 e. The molecule has 0 spiro atoms. The number of sulfonamides is 1. The highest BCUT2D eigenvalue weighted by Gasteiger charge is 2.26. The van der Waals surface area contributed by atoms with Gasteiger partial charge >= 0.3 is 0 Å². The summed E-state index contributed by atoms with van der Waals surface area (Å²) >= 11 is 0. The Morgan fingerprint density at radius 3 is 2.42 bits per heavy atom. The Balaban J connectivity index is 1.55. The summed E-state index contributed by atoms with van der Waals surface area (Å²) in [6.07, 6.45) is 0. The molecule has 1 aromatic heterocycles. The molecule has 0 radical (unpaired) electrons. The Kier molecular flexibility index (Phi) is 6.04. The second-order valence-corrected chi connectivity index (χ2v) is 9.06. The molecule has 4 rings (SSSR count). The average Bonchev–Trinajstić information content (AvgIpc) is 3.23. The number of nitriles is 1. The number of nitrogens with one attached hydrogen (secondary N) is 1. The number of hydrogen-bond donors (Lipinski definition) is 1. The van der Waals surface area contributed by atoms with Gasteiger partial charge in [-0.2, -0.15) is 14.6 Å². The van der Waals surface area contributed by atoms with Crippen LogP contribution in [0.1, 0.15) is 24.2 Å². The van der Waals surface area contributed by atoms with Gasteiger partial charge in [0, 0.05) is 18.7 Å². The van der Waals surface area contributed by atoms with Gasteiger partial charge in [0.15, 0.2) is 0 Å². The van der Waals surface area contributed by atoms with Crippen LogP contribution in [0.3, 0.4) is 0 Å². The van der Waals surface area contributed by atoms with Crippen LogP contribution in [0, 0.1) is 11.3 Å². The van der Waals surface area contributed by atoms with E-state index < -0.39 is 10.0 Å². The summed E-state index contributed by atoms with van der Waals surface area (Å²) in [4.78, 5) is 4.46. The first-order valence-corrected chi connectivity index (χ1v) is 11.3. The summed E-state index contributed by atoms with van der Waals surface area (Å²) in [6.45, 7) is 3.42. The number of hydrogen-bond acceptors (Lipinski definition) is 7. The van der Waals surface area contributed by atoms with E-state index in [4.69, 9.17) is 9.15 Å². The number of aromatic nitrogens is 1. The second-order valence-electron chi connectivity index (χ2n) is 7.13. The van der Waals surface area contributed by atoms with Crippen molar-refractivity contribution in [3.63, 3.8) is 0 Å². The van der Waals surface area contributed by atoms with E-state index in [0.717, 1.165) is 5.56 Å². The zero-order valence-electron chi connectivity index (χ0n) is 17.0. The SMILES string of the molecule is C[C@@H](Nc1oc(-c2ccc(S(=O)(=O)N3CCOCC3)cc2)nc1C#N)c1ccccc1. The molecule has 160 valence electrons. The first kappa shape index (κ1) is 21.1. The van der Waals surface area contributed by atoms with E-state index >= 15 is 0 Å². The second kappa shape index (κ2) is 8.89. The topological polar surface area (TPSA) is 108 Å². The minimum absolute atomic E-state index is 0.0878. The first-order chi connectivity index (χ1) is 15.0. The Morgan fingerprint density at radius 2 is 1.77 bits per heavy atom. The smallest absolute Gasteiger partial charge is 0.243 e. The molecule has 1 saturated heterocycles. The van der Waals surface area contributed by atoms with E-state index in [2.05, 4.69) is 10.3 Å². The molecule has 2 heterocycles. The van der Waals surface area contributed by atoms with Gasteiger partial charge in [-0.1, -0.05) is 30.3 Å². The van der Waals surface area contributed by atoms with Gasteiger partial charge in [-0.3, -0.25) is 0 Å². The number of anilines is 1. The number of ether oxygens (including phenoxy) is 1. The van der Waals surface area contributed by atoms with E-state index in [1.165, 1.54) is 16.4 Å². The lowest BCUT2D eigenvalue weighted by Gasteiger charge is -2.26. The minimum Gasteiger partial charge on any atom is -0.419 e. The predicted octanol–water partition coefficient (Wildman–Crippen LogP) is 3.41. The fourth-order valence-electron chi connectivity index (χ4n) is 3.34. The van der Waals surface area contributed by atoms with Crippen molar-refractivity contribution in [1.82, 2.24) is 9.29 Å².